The van der Waals surface area contributed by atoms with Crippen molar-refractivity contribution in [2.45, 2.75) is 40.2 Å². The maximum atomic E-state index is 12.1. The van der Waals surface area contributed by atoms with E-state index < -0.39 is 17.6 Å². The number of hydrogen-bond donors (Lipinski definition) is 1. The predicted octanol–water partition coefficient (Wildman–Crippen LogP) is 2.72. The molecule has 1 atom stereocenters. The topological polar surface area (TPSA) is 102 Å². The van der Waals surface area contributed by atoms with Crippen LogP contribution < -0.4 is 5.32 Å². The smallest absolute Gasteiger partial charge is 0.407 e. The van der Waals surface area contributed by atoms with E-state index in [0.29, 0.717) is 6.42 Å². The van der Waals surface area contributed by atoms with E-state index in [-0.39, 0.29) is 45.5 Å². The lowest BCUT2D eigenvalue weighted by molar-refractivity contribution is -0.300. The molecule has 0 bridgehead atoms. The molecule has 1 N–H and O–H groups in total. The lowest BCUT2D eigenvalue weighted by atomic mass is 9.91. The lowest BCUT2D eigenvalue weighted by Crippen LogP contribution is -2.37. The molecule has 9 nitrogen and oxygen atoms in total. The van der Waals surface area contributed by atoms with Crippen LogP contribution in [0.2, 0.25) is 0 Å². The van der Waals surface area contributed by atoms with Gasteiger partial charge in [-0.15, -0.1) is 6.58 Å². The number of nitrogens with one attached hydrogen (secondary N) is 1. The van der Waals surface area contributed by atoms with Crippen LogP contribution in [-0.4, -0.2) is 57.7 Å². The molecular formula is C19H33NO8. The zero-order valence-electron chi connectivity index (χ0n) is 17.3. The summed E-state index contributed by atoms with van der Waals surface area (Å²) in [5.74, 6) is -0.389. The monoisotopic (exact) mass is 403 g/mol. The molecule has 9 heteroatoms. The van der Waals surface area contributed by atoms with Gasteiger partial charge in [0.05, 0.1) is 12.0 Å². The van der Waals surface area contributed by atoms with E-state index in [1.807, 2.05) is 6.92 Å². The van der Waals surface area contributed by atoms with Gasteiger partial charge in [0.2, 0.25) is 0 Å². The molecule has 0 aromatic rings. The third kappa shape index (κ3) is 13.3. The Morgan fingerprint density at radius 2 is 1.86 bits per heavy atom. The Morgan fingerprint density at radius 3 is 2.46 bits per heavy atom. The summed E-state index contributed by atoms with van der Waals surface area (Å²) in [6, 6.07) is 0. The lowest BCUT2D eigenvalue weighted by Gasteiger charge is -2.23. The first-order valence-corrected chi connectivity index (χ1v) is 9.08. The first-order chi connectivity index (χ1) is 13.2. The third-order valence-electron chi connectivity index (χ3n) is 3.48. The van der Waals surface area contributed by atoms with Crippen LogP contribution in [0.5, 0.6) is 0 Å². The Bertz CT molecular complexity index is 492. The zero-order chi connectivity index (χ0) is 21.4. The van der Waals surface area contributed by atoms with Crippen molar-refractivity contribution in [3.05, 3.63) is 24.8 Å². The molecule has 0 aromatic heterocycles. The van der Waals surface area contributed by atoms with Crippen LogP contribution >= 0.6 is 0 Å². The molecule has 1 unspecified atom stereocenters. The van der Waals surface area contributed by atoms with E-state index in [0.717, 1.165) is 5.57 Å². The van der Waals surface area contributed by atoms with Crippen molar-refractivity contribution < 1.29 is 38.6 Å². The van der Waals surface area contributed by atoms with Crippen LogP contribution in [0.1, 0.15) is 34.1 Å². The number of carbonyl (C=O) groups excluding carboxylic acids is 2. The second kappa shape index (κ2) is 15.0. The quantitative estimate of drug-likeness (QED) is 0.138. The van der Waals surface area contributed by atoms with E-state index in [1.54, 1.807) is 20.8 Å². The molecule has 162 valence electrons. The Morgan fingerprint density at radius 1 is 1.14 bits per heavy atom. The van der Waals surface area contributed by atoms with Crippen molar-refractivity contribution in [2.75, 3.05) is 39.6 Å². The van der Waals surface area contributed by atoms with E-state index in [4.69, 9.17) is 29.0 Å². The minimum Gasteiger partial charge on any atom is -0.461 e. The van der Waals surface area contributed by atoms with Gasteiger partial charge in [-0.05, 0) is 27.2 Å². The van der Waals surface area contributed by atoms with Crippen molar-refractivity contribution in [3.63, 3.8) is 0 Å². The first kappa shape index (κ1) is 26.1. The number of alkyl carbamates (subject to hydrolysis) is 1. The Hall–Kier alpha value is -1.94. The van der Waals surface area contributed by atoms with Gasteiger partial charge in [-0.2, -0.15) is 0 Å². The van der Waals surface area contributed by atoms with Gasteiger partial charge in [0.1, 0.15) is 26.4 Å². The highest BCUT2D eigenvalue weighted by atomic mass is 17.2. The van der Waals surface area contributed by atoms with E-state index in [9.17, 15) is 9.59 Å². The second-order valence-electron chi connectivity index (χ2n) is 6.69. The van der Waals surface area contributed by atoms with Crippen LogP contribution in [0.3, 0.4) is 0 Å². The molecule has 0 spiro atoms. The molecule has 0 heterocycles. The number of hydrogen-bond acceptors (Lipinski definition) is 8. The molecule has 0 aromatic carbocycles. The average molecular weight is 403 g/mol. The highest BCUT2D eigenvalue weighted by Gasteiger charge is 2.28. The first-order valence-electron chi connectivity index (χ1n) is 9.08. The number of esters is 1. The normalized spacial score (nSPS) is 12.1. The zero-order valence-corrected chi connectivity index (χ0v) is 17.3. The van der Waals surface area contributed by atoms with Crippen molar-refractivity contribution in [1.29, 1.82) is 0 Å². The molecule has 1 amide bonds. The van der Waals surface area contributed by atoms with Gasteiger partial charge in [-0.3, -0.25) is 4.79 Å². The summed E-state index contributed by atoms with van der Waals surface area (Å²) in [5, 5.41) is 2.48. The average Bonchev–Trinajstić information content (AvgIpc) is 2.65. The Labute approximate surface area is 166 Å². The summed E-state index contributed by atoms with van der Waals surface area (Å²) in [6.07, 6.45) is 0.583. The van der Waals surface area contributed by atoms with E-state index >= 15 is 0 Å². The predicted molar refractivity (Wildman–Crippen MR) is 102 cm³/mol. The molecular weight excluding hydrogens is 370 g/mol. The van der Waals surface area contributed by atoms with Crippen LogP contribution in [0.15, 0.2) is 24.8 Å². The summed E-state index contributed by atoms with van der Waals surface area (Å²) >= 11 is 0. The summed E-state index contributed by atoms with van der Waals surface area (Å²) < 4.78 is 10.5. The maximum absolute atomic E-state index is 12.1. The van der Waals surface area contributed by atoms with Gasteiger partial charge < -0.3 is 14.8 Å². The molecule has 0 rings (SSSR count). The van der Waals surface area contributed by atoms with Gasteiger partial charge in [-0.1, -0.05) is 25.2 Å². The van der Waals surface area contributed by atoms with Crippen LogP contribution in [0.4, 0.5) is 4.79 Å². The number of rotatable bonds is 16. The molecule has 0 aliphatic rings. The second-order valence-corrected chi connectivity index (χ2v) is 6.69. The van der Waals surface area contributed by atoms with Crippen LogP contribution in [0.25, 0.3) is 0 Å². The van der Waals surface area contributed by atoms with Crippen molar-refractivity contribution >= 4 is 12.1 Å². The molecule has 0 radical (unpaired) electrons. The fourth-order valence-corrected chi connectivity index (χ4v) is 1.43. The van der Waals surface area contributed by atoms with Gasteiger partial charge in [0.25, 0.3) is 0 Å². The SMILES string of the molecule is C=CCOOCCNC(=O)OC(COOCC(=C)C)COC(=O)C(C)(C)CC. The van der Waals surface area contributed by atoms with Gasteiger partial charge in [0, 0.05) is 6.54 Å². The number of amides is 1. The number of ether oxygens (including phenoxy) is 2. The molecule has 0 saturated carbocycles. The van der Waals surface area contributed by atoms with Gasteiger partial charge >= 0.3 is 12.1 Å². The van der Waals surface area contributed by atoms with E-state index in [1.165, 1.54) is 6.08 Å². The molecule has 0 saturated heterocycles. The van der Waals surface area contributed by atoms with Gasteiger partial charge in [0.15, 0.2) is 6.10 Å². The standard InChI is InChI=1S/C19H33NO8/c1-7-10-24-25-11-9-20-18(22)28-16(14-27-26-12-15(3)4)13-23-17(21)19(5,6)8-2/h7,16H,1,3,8-14H2,2,4-6H3,(H,20,22). The molecule has 0 fully saturated rings. The maximum Gasteiger partial charge on any atom is 0.407 e. The highest BCUT2D eigenvalue weighted by Crippen LogP contribution is 2.21. The van der Waals surface area contributed by atoms with Gasteiger partial charge in [-0.25, -0.2) is 24.3 Å². The summed E-state index contributed by atoms with van der Waals surface area (Å²) in [7, 11) is 0. The Kier molecular flexibility index (Phi) is 14.0. The Balaban J connectivity index is 4.41. The summed E-state index contributed by atoms with van der Waals surface area (Å²) in [5.41, 5.74) is 0.136. The molecule has 0 aliphatic heterocycles. The third-order valence-corrected chi connectivity index (χ3v) is 3.48. The van der Waals surface area contributed by atoms with Crippen LogP contribution in [0, 0.1) is 5.41 Å². The number of carbonyl (C=O) groups is 2. The fourth-order valence-electron chi connectivity index (χ4n) is 1.43. The highest BCUT2D eigenvalue weighted by molar-refractivity contribution is 5.75. The van der Waals surface area contributed by atoms with Crippen molar-refractivity contribution in [2.24, 2.45) is 5.41 Å². The van der Waals surface area contributed by atoms with Crippen molar-refractivity contribution in [3.8, 4) is 0 Å². The van der Waals surface area contributed by atoms with Crippen LogP contribution in [-0.2, 0) is 33.8 Å². The molecule has 0 aliphatic carbocycles. The fraction of sp³-hybridized carbons (Fsp3) is 0.684. The molecule has 28 heavy (non-hydrogen) atoms. The van der Waals surface area contributed by atoms with E-state index in [2.05, 4.69) is 18.5 Å². The summed E-state index contributed by atoms with van der Waals surface area (Å²) in [6.45, 7) is 14.8. The largest absolute Gasteiger partial charge is 0.461 e. The minimum absolute atomic E-state index is 0.112. The minimum atomic E-state index is -0.848. The van der Waals surface area contributed by atoms with Crippen molar-refractivity contribution in [1.82, 2.24) is 5.32 Å². The summed E-state index contributed by atoms with van der Waals surface area (Å²) in [4.78, 5) is 43.5.